The second-order valence-electron chi connectivity index (χ2n) is 5.81. The first-order chi connectivity index (χ1) is 12.1. The van der Waals surface area contributed by atoms with Crippen LogP contribution in [0.4, 0.5) is 5.13 Å². The molecule has 7 heteroatoms. The van der Waals surface area contributed by atoms with E-state index in [9.17, 15) is 4.79 Å². The summed E-state index contributed by atoms with van der Waals surface area (Å²) in [5, 5.41) is 16.1. The van der Waals surface area contributed by atoms with E-state index in [1.807, 2.05) is 50.2 Å². The molecule has 0 unspecified atom stereocenters. The van der Waals surface area contributed by atoms with Crippen LogP contribution in [0.15, 0.2) is 48.5 Å². The van der Waals surface area contributed by atoms with Crippen LogP contribution in [0.1, 0.15) is 21.5 Å². The lowest BCUT2D eigenvalue weighted by Crippen LogP contribution is -2.11. The minimum atomic E-state index is -0.193. The molecule has 25 heavy (non-hydrogen) atoms. The van der Waals surface area contributed by atoms with E-state index < -0.39 is 0 Å². The van der Waals surface area contributed by atoms with Crippen LogP contribution < -0.4 is 5.32 Å². The van der Waals surface area contributed by atoms with Crippen molar-refractivity contribution in [2.45, 2.75) is 13.8 Å². The van der Waals surface area contributed by atoms with E-state index in [0.29, 0.717) is 21.5 Å². The number of carbonyl (C=O) groups excluding carboxylic acids is 1. The molecule has 0 atom stereocenters. The van der Waals surface area contributed by atoms with E-state index >= 15 is 0 Å². The van der Waals surface area contributed by atoms with Crippen molar-refractivity contribution in [3.8, 4) is 11.4 Å². The smallest absolute Gasteiger partial charge is 0.257 e. The molecule has 1 N–H and O–H groups in total. The van der Waals surface area contributed by atoms with Gasteiger partial charge in [-0.25, -0.2) is 0 Å². The van der Waals surface area contributed by atoms with Gasteiger partial charge in [0.25, 0.3) is 5.91 Å². The van der Waals surface area contributed by atoms with Crippen molar-refractivity contribution in [2.75, 3.05) is 5.32 Å². The predicted molar refractivity (Wildman–Crippen MR) is 98.0 cm³/mol. The number of benzene rings is 2. The zero-order chi connectivity index (χ0) is 17.4. The third kappa shape index (κ3) is 3.01. The topological polar surface area (TPSA) is 72.2 Å². The number of hydrogen-bond acceptors (Lipinski definition) is 5. The summed E-state index contributed by atoms with van der Waals surface area (Å²) in [5.41, 5.74) is 3.78. The first kappa shape index (κ1) is 15.5. The summed E-state index contributed by atoms with van der Waals surface area (Å²) in [7, 11) is 0. The Morgan fingerprint density at radius 2 is 1.84 bits per heavy atom. The zero-order valence-electron chi connectivity index (χ0n) is 13.7. The van der Waals surface area contributed by atoms with Gasteiger partial charge in [-0.05, 0) is 32.0 Å². The number of aromatic nitrogens is 4. The van der Waals surface area contributed by atoms with Gasteiger partial charge in [-0.3, -0.25) is 10.1 Å². The fraction of sp³-hybridized carbons (Fsp3) is 0.111. The second-order valence-corrected chi connectivity index (χ2v) is 6.77. The van der Waals surface area contributed by atoms with Crippen molar-refractivity contribution in [3.63, 3.8) is 0 Å². The molecular weight excluding hydrogens is 334 g/mol. The molecule has 0 radical (unpaired) electrons. The van der Waals surface area contributed by atoms with Crippen LogP contribution in [-0.2, 0) is 0 Å². The molecule has 0 fully saturated rings. The van der Waals surface area contributed by atoms with E-state index in [2.05, 4.69) is 20.6 Å². The van der Waals surface area contributed by atoms with E-state index in [0.717, 1.165) is 16.7 Å². The Morgan fingerprint density at radius 1 is 1.04 bits per heavy atom. The van der Waals surface area contributed by atoms with Crippen molar-refractivity contribution < 1.29 is 4.79 Å². The highest BCUT2D eigenvalue weighted by atomic mass is 32.1. The molecular formula is C18H15N5OS. The lowest BCUT2D eigenvalue weighted by atomic mass is 10.1. The Balaban J connectivity index is 1.64. The number of rotatable bonds is 3. The van der Waals surface area contributed by atoms with Crippen molar-refractivity contribution in [3.05, 3.63) is 65.2 Å². The quantitative estimate of drug-likeness (QED) is 0.612. The molecule has 6 nitrogen and oxygen atoms in total. The van der Waals surface area contributed by atoms with E-state index in [1.165, 1.54) is 11.3 Å². The number of aryl methyl sites for hydroxylation is 2. The minimum Gasteiger partial charge on any atom is -0.296 e. The molecule has 0 aliphatic carbocycles. The summed E-state index contributed by atoms with van der Waals surface area (Å²) < 4.78 is 1.66. The van der Waals surface area contributed by atoms with Crippen molar-refractivity contribution >= 4 is 27.3 Å². The SMILES string of the molecule is Cc1ccc(C(=O)Nc2nn3c(-c4cccc(C)c4)nnc3s2)cc1. The minimum absolute atomic E-state index is 0.193. The van der Waals surface area contributed by atoms with Gasteiger partial charge in [-0.1, -0.05) is 52.8 Å². The van der Waals surface area contributed by atoms with Crippen LogP contribution in [0.5, 0.6) is 0 Å². The summed E-state index contributed by atoms with van der Waals surface area (Å²) in [4.78, 5) is 13.0. The molecule has 1 amide bonds. The predicted octanol–water partition coefficient (Wildman–Crippen LogP) is 3.72. The lowest BCUT2D eigenvalue weighted by molar-refractivity contribution is 0.102. The maximum Gasteiger partial charge on any atom is 0.257 e. The molecule has 2 heterocycles. The summed E-state index contributed by atoms with van der Waals surface area (Å²) in [6, 6.07) is 15.4. The van der Waals surface area contributed by atoms with E-state index in [1.54, 1.807) is 16.6 Å². The summed E-state index contributed by atoms with van der Waals surface area (Å²) >= 11 is 1.29. The van der Waals surface area contributed by atoms with Crippen LogP contribution in [-0.4, -0.2) is 25.7 Å². The molecule has 124 valence electrons. The first-order valence-corrected chi connectivity index (χ1v) is 8.59. The van der Waals surface area contributed by atoms with Gasteiger partial charge in [0.05, 0.1) is 0 Å². The van der Waals surface area contributed by atoms with E-state index in [-0.39, 0.29) is 5.91 Å². The molecule has 4 aromatic rings. The number of hydrogen-bond donors (Lipinski definition) is 1. The van der Waals surface area contributed by atoms with Gasteiger partial charge in [0.1, 0.15) is 0 Å². The number of fused-ring (bicyclic) bond motifs is 1. The van der Waals surface area contributed by atoms with Crippen LogP contribution in [0, 0.1) is 13.8 Å². The van der Waals surface area contributed by atoms with Gasteiger partial charge in [0.2, 0.25) is 10.1 Å². The van der Waals surface area contributed by atoms with Gasteiger partial charge in [0.15, 0.2) is 5.82 Å². The molecule has 0 bridgehead atoms. The average Bonchev–Trinajstić information content (AvgIpc) is 3.15. The monoisotopic (exact) mass is 349 g/mol. The van der Waals surface area contributed by atoms with Gasteiger partial charge in [-0.2, -0.15) is 4.52 Å². The standard InChI is InChI=1S/C18H15N5OS/c1-11-6-8-13(9-7-11)16(24)19-17-22-23-15(20-21-18(23)25-17)14-5-3-4-12(2)10-14/h3-10H,1-2H3,(H,19,22,24). The van der Waals surface area contributed by atoms with Gasteiger partial charge in [-0.15, -0.1) is 15.3 Å². The van der Waals surface area contributed by atoms with Crippen molar-refractivity contribution in [1.82, 2.24) is 19.8 Å². The third-order valence-corrected chi connectivity index (χ3v) is 4.62. The zero-order valence-corrected chi connectivity index (χ0v) is 14.5. The van der Waals surface area contributed by atoms with Crippen LogP contribution in [0.2, 0.25) is 0 Å². The van der Waals surface area contributed by atoms with Gasteiger partial charge >= 0.3 is 0 Å². The Bertz CT molecular complexity index is 1060. The Kier molecular flexibility index (Phi) is 3.77. The highest BCUT2D eigenvalue weighted by molar-refractivity contribution is 7.20. The number of anilines is 1. The number of nitrogens with one attached hydrogen (secondary N) is 1. The van der Waals surface area contributed by atoms with Crippen LogP contribution in [0.3, 0.4) is 0 Å². The molecule has 4 rings (SSSR count). The van der Waals surface area contributed by atoms with Crippen LogP contribution >= 0.6 is 11.3 Å². The Morgan fingerprint density at radius 3 is 2.60 bits per heavy atom. The number of nitrogens with zero attached hydrogens (tertiary/aromatic N) is 4. The molecule has 0 spiro atoms. The van der Waals surface area contributed by atoms with Gasteiger partial charge in [0, 0.05) is 11.1 Å². The maximum atomic E-state index is 12.3. The van der Waals surface area contributed by atoms with Gasteiger partial charge < -0.3 is 0 Å². The molecule has 0 saturated carbocycles. The highest BCUT2D eigenvalue weighted by Gasteiger charge is 2.15. The lowest BCUT2D eigenvalue weighted by Gasteiger charge is -2.01. The normalized spacial score (nSPS) is 11.0. The van der Waals surface area contributed by atoms with E-state index in [4.69, 9.17) is 0 Å². The fourth-order valence-electron chi connectivity index (χ4n) is 2.51. The first-order valence-electron chi connectivity index (χ1n) is 7.77. The van der Waals surface area contributed by atoms with Crippen LogP contribution in [0.25, 0.3) is 16.3 Å². The second kappa shape index (κ2) is 6.10. The average molecular weight is 349 g/mol. The summed E-state index contributed by atoms with van der Waals surface area (Å²) in [6.07, 6.45) is 0. The molecule has 2 aromatic heterocycles. The Labute approximate surface area is 148 Å². The fourth-order valence-corrected chi connectivity index (χ4v) is 3.24. The largest absolute Gasteiger partial charge is 0.296 e. The Hall–Kier alpha value is -3.06. The highest BCUT2D eigenvalue weighted by Crippen LogP contribution is 2.25. The summed E-state index contributed by atoms with van der Waals surface area (Å²) in [6.45, 7) is 4.01. The maximum absolute atomic E-state index is 12.3. The third-order valence-electron chi connectivity index (χ3n) is 3.80. The molecule has 0 aliphatic rings. The van der Waals surface area contributed by atoms with Crippen molar-refractivity contribution in [2.24, 2.45) is 0 Å². The molecule has 0 saturated heterocycles. The number of carbonyl (C=O) groups is 1. The number of amides is 1. The molecule has 2 aromatic carbocycles. The van der Waals surface area contributed by atoms with Crippen molar-refractivity contribution in [1.29, 1.82) is 0 Å². The summed E-state index contributed by atoms with van der Waals surface area (Å²) in [5.74, 6) is 0.466. The molecule has 0 aliphatic heterocycles.